The molecule has 17 heteroatoms. The number of rotatable bonds is 38. The molecule has 6 atom stereocenters. The van der Waals surface area contributed by atoms with Gasteiger partial charge in [0.15, 0.2) is 11.9 Å². The molecule has 1 aliphatic carbocycles. The highest BCUT2D eigenvalue weighted by Gasteiger charge is 2.29. The Morgan fingerprint density at radius 2 is 1.32 bits per heavy atom. The molecule has 0 saturated carbocycles. The first-order valence-electron chi connectivity index (χ1n) is 22.1. The van der Waals surface area contributed by atoms with Crippen molar-refractivity contribution < 1.29 is 71.5 Å². The second-order valence-corrected chi connectivity index (χ2v) is 18.8. The zero-order valence-corrected chi connectivity index (χ0v) is 38.1. The zero-order chi connectivity index (χ0) is 44.7. The highest BCUT2D eigenvalue weighted by molar-refractivity contribution is 7.47. The Balaban J connectivity index is 2.53. The van der Waals surface area contributed by atoms with E-state index in [0.717, 1.165) is 50.9 Å². The number of carbonyl (C=O) groups is 3. The summed E-state index contributed by atoms with van der Waals surface area (Å²) in [6, 6.07) is 0. The van der Waals surface area contributed by atoms with Crippen molar-refractivity contribution in [2.75, 3.05) is 26.4 Å². The SMILES string of the molecule is CCCCC[C@H](O)/C=C/[C@H]1C(=O)C=C[C@@H]1C/C=C\CCCC(=O)OC[C@H](COP(=O)(O)OC[C@@H](O)COP(=O)(O)O)OC(=O)CCCCCCCCCCCCCC(C)C. The molecule has 0 aromatic carbocycles. The number of hydrogen-bond acceptors (Lipinski definition) is 12. The maximum atomic E-state index is 12.7. The fourth-order valence-electron chi connectivity index (χ4n) is 6.46. The van der Waals surface area contributed by atoms with Crippen molar-refractivity contribution in [2.24, 2.45) is 17.8 Å². The van der Waals surface area contributed by atoms with E-state index < -0.39 is 72.3 Å². The first kappa shape index (κ1) is 56.0. The van der Waals surface area contributed by atoms with E-state index in [2.05, 4.69) is 29.8 Å². The van der Waals surface area contributed by atoms with E-state index in [1.54, 1.807) is 18.2 Å². The van der Waals surface area contributed by atoms with Crippen molar-refractivity contribution >= 4 is 33.4 Å². The number of aliphatic hydroxyl groups is 2. The van der Waals surface area contributed by atoms with E-state index >= 15 is 0 Å². The minimum absolute atomic E-state index is 0.0104. The third-order valence-corrected chi connectivity index (χ3v) is 11.4. The number of phosphoric ester groups is 2. The van der Waals surface area contributed by atoms with Crippen molar-refractivity contribution in [3.63, 3.8) is 0 Å². The summed E-state index contributed by atoms with van der Waals surface area (Å²) in [6.45, 7) is 3.73. The Kier molecular flexibility index (Phi) is 31.3. The molecule has 60 heavy (non-hydrogen) atoms. The highest BCUT2D eigenvalue weighted by atomic mass is 31.2. The van der Waals surface area contributed by atoms with Gasteiger partial charge in [-0.05, 0) is 50.0 Å². The van der Waals surface area contributed by atoms with Gasteiger partial charge in [-0.3, -0.25) is 28.0 Å². The lowest BCUT2D eigenvalue weighted by atomic mass is 9.90. The van der Waals surface area contributed by atoms with Crippen molar-refractivity contribution in [1.29, 1.82) is 0 Å². The van der Waals surface area contributed by atoms with Gasteiger partial charge in [0.25, 0.3) is 0 Å². The molecule has 15 nitrogen and oxygen atoms in total. The molecule has 1 unspecified atom stereocenters. The minimum Gasteiger partial charge on any atom is -0.462 e. The fraction of sp³-hybridized carbons (Fsp3) is 0.791. The number of unbranched alkanes of at least 4 members (excludes halogenated alkanes) is 13. The molecule has 0 spiro atoms. The maximum Gasteiger partial charge on any atom is 0.472 e. The molecule has 0 radical (unpaired) electrons. The summed E-state index contributed by atoms with van der Waals surface area (Å²) < 4.78 is 47.8. The molecule has 1 rings (SSSR count). The van der Waals surface area contributed by atoms with Crippen LogP contribution < -0.4 is 0 Å². The monoisotopic (exact) mass is 894 g/mol. The number of allylic oxidation sites excluding steroid dienone is 5. The summed E-state index contributed by atoms with van der Waals surface area (Å²) in [5.74, 6) is -0.733. The molecular weight excluding hydrogens is 818 g/mol. The van der Waals surface area contributed by atoms with Crippen LogP contribution in [0, 0.1) is 17.8 Å². The van der Waals surface area contributed by atoms with Crippen LogP contribution in [0.15, 0.2) is 36.5 Å². The van der Waals surface area contributed by atoms with Crippen LogP contribution in [0.5, 0.6) is 0 Å². The number of aliphatic hydroxyl groups excluding tert-OH is 2. The van der Waals surface area contributed by atoms with Gasteiger partial charge in [-0.15, -0.1) is 0 Å². The molecule has 348 valence electrons. The topological polar surface area (TPSA) is 233 Å². The second-order valence-electron chi connectivity index (χ2n) is 16.1. The van der Waals surface area contributed by atoms with E-state index in [1.165, 1.54) is 44.9 Å². The zero-order valence-electron chi connectivity index (χ0n) is 36.3. The number of esters is 2. The fourth-order valence-corrected chi connectivity index (χ4v) is 7.62. The Morgan fingerprint density at radius 3 is 1.95 bits per heavy atom. The maximum absolute atomic E-state index is 12.7. The molecule has 1 aliphatic rings. The number of ketones is 1. The van der Waals surface area contributed by atoms with Gasteiger partial charge in [0.1, 0.15) is 12.7 Å². The van der Waals surface area contributed by atoms with Crippen molar-refractivity contribution in [1.82, 2.24) is 0 Å². The van der Waals surface area contributed by atoms with Gasteiger partial charge in [-0.1, -0.05) is 141 Å². The van der Waals surface area contributed by atoms with E-state index in [4.69, 9.17) is 23.8 Å². The Labute approximate surface area is 358 Å². The molecule has 0 aromatic heterocycles. The summed E-state index contributed by atoms with van der Waals surface area (Å²) in [7, 11) is -9.74. The molecule has 0 bridgehead atoms. The number of phosphoric acid groups is 2. The largest absolute Gasteiger partial charge is 0.472 e. The second kappa shape index (κ2) is 33.5. The lowest BCUT2D eigenvalue weighted by molar-refractivity contribution is -0.161. The van der Waals surface area contributed by atoms with Crippen LogP contribution in [0.2, 0.25) is 0 Å². The van der Waals surface area contributed by atoms with E-state index in [-0.39, 0.29) is 30.5 Å². The third-order valence-electron chi connectivity index (χ3n) is 9.95. The lowest BCUT2D eigenvalue weighted by Crippen LogP contribution is -2.30. The first-order chi connectivity index (χ1) is 28.5. The van der Waals surface area contributed by atoms with Gasteiger partial charge >= 0.3 is 27.6 Å². The van der Waals surface area contributed by atoms with Crippen molar-refractivity contribution in [3.05, 3.63) is 36.5 Å². The minimum atomic E-state index is -4.89. The first-order valence-corrected chi connectivity index (χ1v) is 25.1. The summed E-state index contributed by atoms with van der Waals surface area (Å²) in [6.07, 6.45) is 26.4. The van der Waals surface area contributed by atoms with Crippen LogP contribution in [0.4, 0.5) is 0 Å². The van der Waals surface area contributed by atoms with Gasteiger partial charge < -0.3 is 34.4 Å². The van der Waals surface area contributed by atoms with Gasteiger partial charge in [0.2, 0.25) is 0 Å². The molecule has 0 aromatic rings. The predicted octanol–water partition coefficient (Wildman–Crippen LogP) is 8.76. The quantitative estimate of drug-likeness (QED) is 0.0169. The summed E-state index contributed by atoms with van der Waals surface area (Å²) in [5, 5.41) is 20.0. The normalized spacial score (nSPS) is 18.4. The summed E-state index contributed by atoms with van der Waals surface area (Å²) >= 11 is 0. The smallest absolute Gasteiger partial charge is 0.462 e. The predicted molar refractivity (Wildman–Crippen MR) is 229 cm³/mol. The Bertz CT molecular complexity index is 1360. The van der Waals surface area contributed by atoms with Crippen LogP contribution in [0.3, 0.4) is 0 Å². The lowest BCUT2D eigenvalue weighted by Gasteiger charge is -2.20. The van der Waals surface area contributed by atoms with Crippen molar-refractivity contribution in [2.45, 2.75) is 174 Å². The molecule has 0 aliphatic heterocycles. The van der Waals surface area contributed by atoms with E-state index in [0.29, 0.717) is 32.1 Å². The van der Waals surface area contributed by atoms with Crippen LogP contribution in [-0.4, -0.2) is 87.4 Å². The standard InChI is InChI=1S/C43H76O15P2/c1-4-5-17-24-37(44)28-29-40-36(27-30-41(40)46)23-19-15-16-20-25-42(47)54-33-39(34-57-60(52,53)56-32-38(45)31-55-59(49,50)51)58-43(48)26-21-14-12-10-8-6-7-9-11-13-18-22-35(2)3/h15,19,27-30,35-40,44-45H,4-14,16-18,20-26,31-34H2,1-3H3,(H,52,53)(H2,49,50,51)/b19-15-,29-28+/t36-,37-,38-,39+,40+/m0/s1. The number of hydrogen-bond donors (Lipinski definition) is 5. The summed E-state index contributed by atoms with van der Waals surface area (Å²) in [5.41, 5.74) is 0. The molecule has 0 fully saturated rings. The number of carbonyl (C=O) groups excluding carboxylic acids is 3. The van der Waals surface area contributed by atoms with Crippen LogP contribution >= 0.6 is 15.6 Å². The van der Waals surface area contributed by atoms with E-state index in [1.807, 2.05) is 18.2 Å². The molecule has 5 N–H and O–H groups in total. The van der Waals surface area contributed by atoms with Crippen LogP contribution in [0.25, 0.3) is 0 Å². The van der Waals surface area contributed by atoms with Crippen molar-refractivity contribution in [3.8, 4) is 0 Å². The van der Waals surface area contributed by atoms with E-state index in [9.17, 15) is 38.6 Å². The van der Waals surface area contributed by atoms with Gasteiger partial charge in [-0.2, -0.15) is 0 Å². The molecule has 0 heterocycles. The Hall–Kier alpha value is -2.03. The molecular formula is C43H76O15P2. The van der Waals surface area contributed by atoms with Crippen LogP contribution in [0.1, 0.15) is 156 Å². The summed E-state index contributed by atoms with van der Waals surface area (Å²) in [4.78, 5) is 65.2. The molecule has 0 amide bonds. The van der Waals surface area contributed by atoms with Gasteiger partial charge in [0.05, 0.1) is 25.9 Å². The molecule has 0 saturated heterocycles. The highest BCUT2D eigenvalue weighted by Crippen LogP contribution is 2.44. The average Bonchev–Trinajstić information content (AvgIpc) is 3.54. The van der Waals surface area contributed by atoms with Gasteiger partial charge in [-0.25, -0.2) is 9.13 Å². The van der Waals surface area contributed by atoms with Crippen LogP contribution in [-0.2, 0) is 46.6 Å². The number of ether oxygens (including phenoxy) is 2. The Morgan fingerprint density at radius 1 is 0.733 bits per heavy atom. The average molecular weight is 895 g/mol. The van der Waals surface area contributed by atoms with Gasteiger partial charge in [0, 0.05) is 18.8 Å². The third kappa shape index (κ3) is 31.8.